The Morgan fingerprint density at radius 3 is 2.90 bits per heavy atom. The molecule has 0 saturated carbocycles. The summed E-state index contributed by atoms with van der Waals surface area (Å²) in [6.45, 7) is 3.82. The van der Waals surface area contributed by atoms with Crippen LogP contribution in [0.25, 0.3) is 0 Å². The van der Waals surface area contributed by atoms with Crippen molar-refractivity contribution in [1.82, 2.24) is 25.0 Å². The van der Waals surface area contributed by atoms with Gasteiger partial charge in [-0.25, -0.2) is 4.98 Å². The van der Waals surface area contributed by atoms with Gasteiger partial charge in [0.05, 0.1) is 12.4 Å². The van der Waals surface area contributed by atoms with Gasteiger partial charge in [-0.2, -0.15) is 4.98 Å². The molecule has 3 heterocycles. The van der Waals surface area contributed by atoms with Crippen LogP contribution in [0.2, 0.25) is 0 Å². The number of imidazole rings is 1. The largest absolute Gasteiger partial charge is 0.348 e. The summed E-state index contributed by atoms with van der Waals surface area (Å²) in [6, 6.07) is -0.316. The van der Waals surface area contributed by atoms with Crippen LogP contribution in [-0.4, -0.2) is 58.2 Å². The van der Waals surface area contributed by atoms with E-state index in [4.69, 9.17) is 10.3 Å². The fraction of sp³-hybridized carbons (Fsp3) is 0.583. The molecule has 108 valence electrons. The number of likely N-dealkylation sites (N-methyl/N-ethyl adjacent to an activating group) is 1. The van der Waals surface area contributed by atoms with E-state index in [0.717, 1.165) is 31.9 Å². The number of rotatable bonds is 4. The van der Waals surface area contributed by atoms with Crippen molar-refractivity contribution < 1.29 is 4.52 Å². The average molecular weight is 277 g/mol. The number of piperazine rings is 1. The van der Waals surface area contributed by atoms with Crippen LogP contribution in [-0.2, 0) is 6.42 Å². The first-order chi connectivity index (χ1) is 9.72. The smallest absolute Gasteiger partial charge is 0.266 e. The molecule has 3 N–H and O–H groups in total. The molecule has 0 aromatic carbocycles. The van der Waals surface area contributed by atoms with Crippen molar-refractivity contribution >= 4 is 5.95 Å². The van der Waals surface area contributed by atoms with Crippen molar-refractivity contribution in [3.8, 4) is 0 Å². The molecule has 8 heteroatoms. The molecule has 0 spiro atoms. The van der Waals surface area contributed by atoms with E-state index in [0.29, 0.717) is 18.3 Å². The topological polar surface area (TPSA) is 100 Å². The fourth-order valence-corrected chi connectivity index (χ4v) is 2.23. The van der Waals surface area contributed by atoms with Gasteiger partial charge >= 0.3 is 0 Å². The maximum atomic E-state index is 6.08. The van der Waals surface area contributed by atoms with Crippen LogP contribution in [0, 0.1) is 0 Å². The van der Waals surface area contributed by atoms with Crippen LogP contribution >= 0.6 is 0 Å². The molecule has 8 nitrogen and oxygen atoms in total. The molecular weight excluding hydrogens is 258 g/mol. The minimum absolute atomic E-state index is 0.316. The maximum absolute atomic E-state index is 6.08. The zero-order valence-electron chi connectivity index (χ0n) is 11.5. The molecule has 2 aromatic heterocycles. The first-order valence-electron chi connectivity index (χ1n) is 6.72. The summed E-state index contributed by atoms with van der Waals surface area (Å²) in [5.41, 5.74) is 7.04. The third-order valence-electron chi connectivity index (χ3n) is 3.53. The van der Waals surface area contributed by atoms with E-state index in [1.54, 1.807) is 12.5 Å². The summed E-state index contributed by atoms with van der Waals surface area (Å²) in [4.78, 5) is 15.8. The van der Waals surface area contributed by atoms with E-state index in [1.165, 1.54) is 0 Å². The first-order valence-corrected chi connectivity index (χ1v) is 6.72. The molecule has 3 rings (SSSR count). The Kier molecular flexibility index (Phi) is 3.66. The predicted octanol–water partition coefficient (Wildman–Crippen LogP) is -0.213. The lowest BCUT2D eigenvalue weighted by Gasteiger charge is -2.31. The van der Waals surface area contributed by atoms with Gasteiger partial charge in [0.2, 0.25) is 5.89 Å². The molecule has 1 fully saturated rings. The summed E-state index contributed by atoms with van der Waals surface area (Å²) in [6.07, 6.45) is 3.98. The molecule has 0 aliphatic carbocycles. The molecule has 1 saturated heterocycles. The molecule has 2 aromatic rings. The second kappa shape index (κ2) is 5.59. The van der Waals surface area contributed by atoms with Crippen molar-refractivity contribution in [2.24, 2.45) is 5.73 Å². The monoisotopic (exact) mass is 277 g/mol. The number of nitrogens with zero attached hydrogens (tertiary/aromatic N) is 5. The quantitative estimate of drug-likeness (QED) is 0.797. The number of aromatic nitrogens is 4. The lowest BCUT2D eigenvalue weighted by atomic mass is 10.2. The van der Waals surface area contributed by atoms with Gasteiger partial charge in [-0.15, -0.1) is 0 Å². The Bertz CT molecular complexity index is 530. The van der Waals surface area contributed by atoms with Crippen LogP contribution in [0.1, 0.15) is 17.6 Å². The Hall–Kier alpha value is -1.93. The Labute approximate surface area is 117 Å². The summed E-state index contributed by atoms with van der Waals surface area (Å²) >= 11 is 0. The van der Waals surface area contributed by atoms with Gasteiger partial charge in [-0.1, -0.05) is 0 Å². The standard InChI is InChI=1S/C12H19N7O/c1-18-2-4-19(5-3-18)12-16-11(20-17-12)10(13)6-9-7-14-8-15-9/h7-8,10H,2-6,13H2,1H3,(H,14,15)/t10-/m0/s1. The zero-order valence-corrected chi connectivity index (χ0v) is 11.5. The lowest BCUT2D eigenvalue weighted by Crippen LogP contribution is -2.44. The number of anilines is 1. The van der Waals surface area contributed by atoms with Gasteiger partial charge < -0.3 is 25.0 Å². The first kappa shape index (κ1) is 13.1. The van der Waals surface area contributed by atoms with Gasteiger partial charge in [-0.05, 0) is 12.2 Å². The van der Waals surface area contributed by atoms with Gasteiger partial charge in [0.25, 0.3) is 5.95 Å². The van der Waals surface area contributed by atoms with Gasteiger partial charge in [0.15, 0.2) is 0 Å². The summed E-state index contributed by atoms with van der Waals surface area (Å²) in [5.74, 6) is 1.10. The van der Waals surface area contributed by atoms with E-state index < -0.39 is 0 Å². The number of aromatic amines is 1. The van der Waals surface area contributed by atoms with Gasteiger partial charge in [-0.3, -0.25) is 0 Å². The molecule has 1 atom stereocenters. The molecule has 1 aliphatic heterocycles. The minimum Gasteiger partial charge on any atom is -0.348 e. The van der Waals surface area contributed by atoms with Crippen LogP contribution < -0.4 is 10.6 Å². The predicted molar refractivity (Wildman–Crippen MR) is 73.2 cm³/mol. The number of nitrogens with two attached hydrogens (primary N) is 1. The Morgan fingerprint density at radius 1 is 1.40 bits per heavy atom. The summed E-state index contributed by atoms with van der Waals surface area (Å²) < 4.78 is 5.28. The summed E-state index contributed by atoms with van der Waals surface area (Å²) in [7, 11) is 2.11. The highest BCUT2D eigenvalue weighted by Gasteiger charge is 2.21. The minimum atomic E-state index is -0.316. The van der Waals surface area contributed by atoms with Crippen LogP contribution in [0.15, 0.2) is 17.0 Å². The highest BCUT2D eigenvalue weighted by atomic mass is 16.5. The third kappa shape index (κ3) is 2.81. The van der Waals surface area contributed by atoms with Crippen LogP contribution in [0.3, 0.4) is 0 Å². The third-order valence-corrected chi connectivity index (χ3v) is 3.53. The normalized spacial score (nSPS) is 18.4. The average Bonchev–Trinajstić information content (AvgIpc) is 3.10. The number of hydrogen-bond donors (Lipinski definition) is 2. The van der Waals surface area contributed by atoms with Crippen molar-refractivity contribution in [2.45, 2.75) is 12.5 Å². The number of H-pyrrole nitrogens is 1. The number of nitrogens with one attached hydrogen (secondary N) is 1. The van der Waals surface area contributed by atoms with E-state index in [-0.39, 0.29) is 6.04 Å². The van der Waals surface area contributed by atoms with E-state index >= 15 is 0 Å². The van der Waals surface area contributed by atoms with Crippen molar-refractivity contribution in [3.63, 3.8) is 0 Å². The highest BCUT2D eigenvalue weighted by molar-refractivity contribution is 5.29. The van der Waals surface area contributed by atoms with E-state index in [1.807, 2.05) is 0 Å². The van der Waals surface area contributed by atoms with E-state index in [9.17, 15) is 0 Å². The molecule has 0 unspecified atom stereocenters. The zero-order chi connectivity index (χ0) is 13.9. The second-order valence-electron chi connectivity index (χ2n) is 5.11. The molecule has 20 heavy (non-hydrogen) atoms. The lowest BCUT2D eigenvalue weighted by molar-refractivity contribution is 0.308. The van der Waals surface area contributed by atoms with E-state index in [2.05, 4.69) is 37.0 Å². The molecule has 1 aliphatic rings. The Morgan fingerprint density at radius 2 is 2.20 bits per heavy atom. The second-order valence-corrected chi connectivity index (χ2v) is 5.11. The van der Waals surface area contributed by atoms with Crippen molar-refractivity contribution in [3.05, 3.63) is 24.1 Å². The van der Waals surface area contributed by atoms with Crippen LogP contribution in [0.4, 0.5) is 5.95 Å². The molecule has 0 amide bonds. The fourth-order valence-electron chi connectivity index (χ4n) is 2.23. The highest BCUT2D eigenvalue weighted by Crippen LogP contribution is 2.17. The Balaban J connectivity index is 1.64. The van der Waals surface area contributed by atoms with Crippen molar-refractivity contribution in [2.75, 3.05) is 38.1 Å². The van der Waals surface area contributed by atoms with Gasteiger partial charge in [0.1, 0.15) is 0 Å². The van der Waals surface area contributed by atoms with Crippen LogP contribution in [0.5, 0.6) is 0 Å². The van der Waals surface area contributed by atoms with Crippen molar-refractivity contribution in [1.29, 1.82) is 0 Å². The molecule has 0 bridgehead atoms. The van der Waals surface area contributed by atoms with Gasteiger partial charge in [0, 0.05) is 44.5 Å². The SMILES string of the molecule is CN1CCN(c2noc([C@@H](N)Cc3cnc[nH]3)n2)CC1. The maximum Gasteiger partial charge on any atom is 0.266 e. The summed E-state index contributed by atoms with van der Waals surface area (Å²) in [5, 5.41) is 4.03. The molecular formula is C12H19N7O. The molecule has 0 radical (unpaired) electrons. The number of hydrogen-bond acceptors (Lipinski definition) is 7.